The van der Waals surface area contributed by atoms with Gasteiger partial charge < -0.3 is 10.2 Å². The van der Waals surface area contributed by atoms with E-state index in [0.717, 1.165) is 51.4 Å². The molecule has 0 aliphatic rings. The summed E-state index contributed by atoms with van der Waals surface area (Å²) in [4.78, 5) is 12.0. The number of aliphatic hydroxyl groups excluding tert-OH is 1. The fourth-order valence-electron chi connectivity index (χ4n) is 5.46. The Morgan fingerprint density at radius 1 is 0.784 bits per heavy atom. The van der Waals surface area contributed by atoms with Crippen molar-refractivity contribution in [3.8, 4) is 0 Å². The number of carboxylic acid groups (broad SMARTS) is 1. The molecule has 37 heavy (non-hydrogen) atoms. The van der Waals surface area contributed by atoms with E-state index < -0.39 is 18.0 Å². The normalized spacial score (nSPS) is 14.9. The molecule has 0 aliphatic heterocycles. The summed E-state index contributed by atoms with van der Waals surface area (Å²) in [5, 5.41) is 20.2. The van der Waals surface area contributed by atoms with E-state index in [2.05, 4.69) is 61.5 Å². The summed E-state index contributed by atoms with van der Waals surface area (Å²) in [6.07, 6.45) is 18.2. The number of hydrogen-bond acceptors (Lipinski definition) is 2. The van der Waals surface area contributed by atoms with E-state index in [1.807, 2.05) is 18.2 Å². The number of aliphatic hydroxyl groups is 1. The van der Waals surface area contributed by atoms with E-state index in [4.69, 9.17) is 0 Å². The first-order valence-corrected chi connectivity index (χ1v) is 14.6. The third kappa shape index (κ3) is 13.1. The summed E-state index contributed by atoms with van der Waals surface area (Å²) in [5.74, 6) is -1.02. The molecule has 0 aromatic heterocycles. The van der Waals surface area contributed by atoms with E-state index in [0.29, 0.717) is 5.92 Å². The number of aliphatic carboxylic acids is 1. The Labute approximate surface area is 226 Å². The van der Waals surface area contributed by atoms with Crippen molar-refractivity contribution in [2.75, 3.05) is 0 Å². The first kappa shape index (κ1) is 30.8. The zero-order valence-corrected chi connectivity index (χ0v) is 23.2. The number of benzene rings is 2. The Hall–Kier alpha value is -2.39. The molecule has 0 fully saturated rings. The first-order chi connectivity index (χ1) is 18.0. The lowest BCUT2D eigenvalue weighted by atomic mass is 9.79. The second kappa shape index (κ2) is 18.8. The Morgan fingerprint density at radius 2 is 1.41 bits per heavy atom. The van der Waals surface area contributed by atoms with Crippen LogP contribution in [0.25, 0.3) is 0 Å². The van der Waals surface area contributed by atoms with Crippen LogP contribution in [-0.4, -0.2) is 22.3 Å². The highest BCUT2D eigenvalue weighted by Gasteiger charge is 2.31. The number of allylic oxidation sites excluding steroid dienone is 2. The number of carboxylic acids is 1. The van der Waals surface area contributed by atoms with E-state index >= 15 is 0 Å². The zero-order valence-electron chi connectivity index (χ0n) is 23.2. The minimum Gasteiger partial charge on any atom is -0.481 e. The van der Waals surface area contributed by atoms with Crippen molar-refractivity contribution in [3.05, 3.63) is 83.9 Å². The van der Waals surface area contributed by atoms with Crippen LogP contribution in [0.2, 0.25) is 0 Å². The molecule has 3 nitrogen and oxygen atoms in total. The molecule has 0 amide bonds. The summed E-state index contributed by atoms with van der Waals surface area (Å²) in [5.41, 5.74) is 2.61. The van der Waals surface area contributed by atoms with Crippen LogP contribution in [0.5, 0.6) is 0 Å². The van der Waals surface area contributed by atoms with Crippen molar-refractivity contribution in [3.63, 3.8) is 0 Å². The van der Waals surface area contributed by atoms with Crippen molar-refractivity contribution in [1.29, 1.82) is 0 Å². The fraction of sp³-hybridized carbons (Fsp3) is 0.559. The van der Waals surface area contributed by atoms with Gasteiger partial charge in [0.05, 0.1) is 12.0 Å². The quantitative estimate of drug-likeness (QED) is 0.139. The van der Waals surface area contributed by atoms with Gasteiger partial charge in [-0.25, -0.2) is 0 Å². The number of hydrogen-bond donors (Lipinski definition) is 2. The van der Waals surface area contributed by atoms with Gasteiger partial charge in [0.2, 0.25) is 0 Å². The summed E-state index contributed by atoms with van der Waals surface area (Å²) in [7, 11) is 0. The van der Waals surface area contributed by atoms with Crippen molar-refractivity contribution >= 4 is 5.97 Å². The minimum absolute atomic E-state index is 0.0263. The smallest absolute Gasteiger partial charge is 0.309 e. The number of carbonyl (C=O) groups is 1. The molecule has 0 saturated carbocycles. The number of unbranched alkanes of at least 4 members (excludes halogenated alkanes) is 4. The molecule has 2 N–H and O–H groups in total. The lowest BCUT2D eigenvalue weighted by molar-refractivity contribution is -0.148. The Balaban J connectivity index is 1.96. The molecular formula is C34H50O3. The highest BCUT2D eigenvalue weighted by Crippen LogP contribution is 2.30. The van der Waals surface area contributed by atoms with Crippen LogP contribution in [0.4, 0.5) is 0 Å². The molecule has 2 aromatic rings. The Morgan fingerprint density at radius 3 is 1.97 bits per heavy atom. The molecule has 0 aliphatic carbocycles. The van der Waals surface area contributed by atoms with Crippen molar-refractivity contribution in [1.82, 2.24) is 0 Å². The standard InChI is InChI=1S/C34H50O3/c1-3-4-5-6-7-8-11-17-31(25-24-29-18-12-9-13-19-29)22-16-23-32(33(28(2)35)34(36)37)27-26-30-20-14-10-15-21-30/h8-15,18-21,28,31-33,35H,3-7,16-17,22-27H2,1-2H3,(H,36,37). The SMILES string of the molecule is CCCCCCC=CCC(CCCC(CCc1ccccc1)C(C(=O)O)C(C)O)CCc1ccccc1. The second-order valence-electron chi connectivity index (χ2n) is 10.8. The third-order valence-electron chi connectivity index (χ3n) is 7.69. The maximum absolute atomic E-state index is 12.0. The van der Waals surface area contributed by atoms with Crippen LogP contribution < -0.4 is 0 Å². The average Bonchev–Trinajstić information content (AvgIpc) is 2.90. The van der Waals surface area contributed by atoms with Gasteiger partial charge in [-0.15, -0.1) is 0 Å². The molecule has 4 atom stereocenters. The Bertz CT molecular complexity index is 859. The molecule has 0 heterocycles. The topological polar surface area (TPSA) is 57.5 Å². The summed E-state index contributed by atoms with van der Waals surface area (Å²) in [6.45, 7) is 3.88. The molecule has 0 saturated heterocycles. The van der Waals surface area contributed by atoms with Gasteiger partial charge >= 0.3 is 5.97 Å². The lowest BCUT2D eigenvalue weighted by Crippen LogP contribution is -2.33. The van der Waals surface area contributed by atoms with E-state index in [9.17, 15) is 15.0 Å². The molecule has 2 rings (SSSR count). The lowest BCUT2D eigenvalue weighted by Gasteiger charge is -2.27. The molecule has 0 bridgehead atoms. The van der Waals surface area contributed by atoms with Crippen LogP contribution in [0.15, 0.2) is 72.8 Å². The van der Waals surface area contributed by atoms with Gasteiger partial charge in [-0.1, -0.05) is 112 Å². The van der Waals surface area contributed by atoms with Crippen LogP contribution in [-0.2, 0) is 17.6 Å². The molecular weight excluding hydrogens is 456 g/mol. The number of aryl methyl sites for hydroxylation is 2. The highest BCUT2D eigenvalue weighted by molar-refractivity contribution is 5.71. The molecule has 204 valence electrons. The molecule has 4 unspecified atom stereocenters. The van der Waals surface area contributed by atoms with Crippen LogP contribution >= 0.6 is 0 Å². The van der Waals surface area contributed by atoms with Gasteiger partial charge in [0.1, 0.15) is 0 Å². The predicted octanol–water partition coefficient (Wildman–Crippen LogP) is 8.65. The number of rotatable bonds is 20. The van der Waals surface area contributed by atoms with Gasteiger partial charge in [0.15, 0.2) is 0 Å². The molecule has 3 heteroatoms. The Kier molecular flexibility index (Phi) is 15.7. The van der Waals surface area contributed by atoms with E-state index in [-0.39, 0.29) is 5.92 Å². The maximum atomic E-state index is 12.0. The summed E-state index contributed by atoms with van der Waals surface area (Å²) >= 11 is 0. The predicted molar refractivity (Wildman–Crippen MR) is 156 cm³/mol. The van der Waals surface area contributed by atoms with Crippen molar-refractivity contribution < 1.29 is 15.0 Å². The van der Waals surface area contributed by atoms with E-state index in [1.54, 1.807) is 6.92 Å². The molecule has 2 aromatic carbocycles. The largest absolute Gasteiger partial charge is 0.481 e. The minimum atomic E-state index is -0.875. The average molecular weight is 507 g/mol. The highest BCUT2D eigenvalue weighted by atomic mass is 16.4. The third-order valence-corrected chi connectivity index (χ3v) is 7.69. The first-order valence-electron chi connectivity index (χ1n) is 14.6. The van der Waals surface area contributed by atoms with E-state index in [1.165, 1.54) is 43.2 Å². The van der Waals surface area contributed by atoms with Crippen LogP contribution in [0.3, 0.4) is 0 Å². The second-order valence-corrected chi connectivity index (χ2v) is 10.8. The van der Waals surface area contributed by atoms with Crippen LogP contribution in [0.1, 0.15) is 95.6 Å². The summed E-state index contributed by atoms with van der Waals surface area (Å²) in [6, 6.07) is 21.0. The molecule has 0 radical (unpaired) electrons. The fourth-order valence-corrected chi connectivity index (χ4v) is 5.46. The van der Waals surface area contributed by atoms with Crippen molar-refractivity contribution in [2.45, 2.75) is 103 Å². The maximum Gasteiger partial charge on any atom is 0.309 e. The van der Waals surface area contributed by atoms with Gasteiger partial charge in [-0.3, -0.25) is 4.79 Å². The van der Waals surface area contributed by atoms with Gasteiger partial charge in [-0.2, -0.15) is 0 Å². The van der Waals surface area contributed by atoms with Crippen molar-refractivity contribution in [2.24, 2.45) is 17.8 Å². The van der Waals surface area contributed by atoms with Gasteiger partial charge in [-0.05, 0) is 81.3 Å². The van der Waals surface area contributed by atoms with Gasteiger partial charge in [0.25, 0.3) is 0 Å². The summed E-state index contributed by atoms with van der Waals surface area (Å²) < 4.78 is 0. The monoisotopic (exact) mass is 506 g/mol. The zero-order chi connectivity index (χ0) is 26.7. The van der Waals surface area contributed by atoms with Crippen LogP contribution in [0, 0.1) is 17.8 Å². The molecule has 0 spiro atoms. The van der Waals surface area contributed by atoms with Gasteiger partial charge in [0, 0.05) is 0 Å².